The van der Waals surface area contributed by atoms with Gasteiger partial charge in [-0.25, -0.2) is 4.39 Å². The van der Waals surface area contributed by atoms with E-state index in [1.807, 2.05) is 0 Å². The lowest BCUT2D eigenvalue weighted by molar-refractivity contribution is -0.140. The topological polar surface area (TPSA) is 52.3 Å². The fourth-order valence-corrected chi connectivity index (χ4v) is 1.71. The van der Waals surface area contributed by atoms with Crippen molar-refractivity contribution in [2.45, 2.75) is 18.9 Å². The summed E-state index contributed by atoms with van der Waals surface area (Å²) in [6.45, 7) is 0. The van der Waals surface area contributed by atoms with E-state index in [4.69, 9.17) is 5.73 Å². The highest BCUT2D eigenvalue weighted by Gasteiger charge is 2.13. The van der Waals surface area contributed by atoms with Crippen molar-refractivity contribution in [3.63, 3.8) is 0 Å². The molecule has 1 aromatic carbocycles. The van der Waals surface area contributed by atoms with Crippen molar-refractivity contribution in [3.8, 4) is 0 Å². The van der Waals surface area contributed by atoms with E-state index in [1.54, 1.807) is 12.1 Å². The van der Waals surface area contributed by atoms with Gasteiger partial charge in [-0.1, -0.05) is 15.9 Å². The van der Waals surface area contributed by atoms with Crippen molar-refractivity contribution >= 4 is 21.9 Å². The zero-order valence-electron chi connectivity index (χ0n) is 8.87. The quantitative estimate of drug-likeness (QED) is 0.867. The second-order valence-corrected chi connectivity index (χ2v) is 4.30. The third kappa shape index (κ3) is 3.57. The van der Waals surface area contributed by atoms with Gasteiger partial charge in [0, 0.05) is 22.5 Å². The van der Waals surface area contributed by atoms with Crippen molar-refractivity contribution < 1.29 is 13.9 Å². The maximum Gasteiger partial charge on any atom is 0.305 e. The van der Waals surface area contributed by atoms with Crippen LogP contribution >= 0.6 is 15.9 Å². The van der Waals surface area contributed by atoms with E-state index in [1.165, 1.54) is 13.2 Å². The molecule has 1 unspecified atom stereocenters. The van der Waals surface area contributed by atoms with Crippen LogP contribution in [0.25, 0.3) is 0 Å². The highest BCUT2D eigenvalue weighted by molar-refractivity contribution is 9.10. The average molecular weight is 290 g/mol. The first-order chi connectivity index (χ1) is 7.54. The summed E-state index contributed by atoms with van der Waals surface area (Å²) >= 11 is 3.24. The van der Waals surface area contributed by atoms with Crippen molar-refractivity contribution in [2.75, 3.05) is 7.11 Å². The Morgan fingerprint density at radius 1 is 1.62 bits per heavy atom. The third-order valence-electron chi connectivity index (χ3n) is 2.24. The number of nitrogens with two attached hydrogens (primary N) is 1. The van der Waals surface area contributed by atoms with Gasteiger partial charge in [-0.3, -0.25) is 4.79 Å². The molecular weight excluding hydrogens is 277 g/mol. The Hall–Kier alpha value is -0.940. The number of ether oxygens (including phenoxy) is 1. The maximum atomic E-state index is 13.4. The standard InChI is InChI=1S/C11H13BrFNO2/c1-16-11(15)5-4-10(14)8-6-7(12)2-3-9(8)13/h2-3,6,10H,4-5,14H2,1H3. The molecular formula is C11H13BrFNO2. The van der Waals surface area contributed by atoms with Gasteiger partial charge in [-0.05, 0) is 24.6 Å². The molecule has 0 radical (unpaired) electrons. The molecule has 0 heterocycles. The molecule has 0 amide bonds. The fraction of sp³-hybridized carbons (Fsp3) is 0.364. The summed E-state index contributed by atoms with van der Waals surface area (Å²) in [5.41, 5.74) is 6.20. The van der Waals surface area contributed by atoms with Gasteiger partial charge in [0.25, 0.3) is 0 Å². The molecule has 16 heavy (non-hydrogen) atoms. The average Bonchev–Trinajstić information content (AvgIpc) is 2.28. The molecule has 0 aliphatic rings. The Labute approximate surface area is 102 Å². The van der Waals surface area contributed by atoms with E-state index in [2.05, 4.69) is 20.7 Å². The van der Waals surface area contributed by atoms with Gasteiger partial charge in [-0.2, -0.15) is 0 Å². The van der Waals surface area contributed by atoms with Gasteiger partial charge in [0.2, 0.25) is 0 Å². The molecule has 3 nitrogen and oxygen atoms in total. The summed E-state index contributed by atoms with van der Waals surface area (Å²) in [7, 11) is 1.31. The summed E-state index contributed by atoms with van der Waals surface area (Å²) in [4.78, 5) is 10.9. The molecule has 0 fully saturated rings. The highest BCUT2D eigenvalue weighted by atomic mass is 79.9. The Balaban J connectivity index is 2.68. The fourth-order valence-electron chi connectivity index (χ4n) is 1.33. The Bertz CT molecular complexity index is 384. The smallest absolute Gasteiger partial charge is 0.305 e. The van der Waals surface area contributed by atoms with Crippen LogP contribution in [0.3, 0.4) is 0 Å². The number of carbonyl (C=O) groups excluding carboxylic acids is 1. The Morgan fingerprint density at radius 2 is 2.31 bits per heavy atom. The van der Waals surface area contributed by atoms with Gasteiger partial charge in [0.05, 0.1) is 7.11 Å². The van der Waals surface area contributed by atoms with E-state index in [0.29, 0.717) is 12.0 Å². The summed E-state index contributed by atoms with van der Waals surface area (Å²) in [5.74, 6) is -0.702. The lowest BCUT2D eigenvalue weighted by Gasteiger charge is -2.12. The molecule has 0 saturated carbocycles. The number of hydrogen-bond donors (Lipinski definition) is 1. The molecule has 1 rings (SSSR count). The van der Waals surface area contributed by atoms with Crippen LogP contribution in [0.5, 0.6) is 0 Å². The van der Waals surface area contributed by atoms with Crippen molar-refractivity contribution in [1.29, 1.82) is 0 Å². The number of halogens is 2. The number of hydrogen-bond acceptors (Lipinski definition) is 3. The van der Waals surface area contributed by atoms with Crippen molar-refractivity contribution in [1.82, 2.24) is 0 Å². The van der Waals surface area contributed by atoms with Crippen LogP contribution in [0.2, 0.25) is 0 Å². The molecule has 0 aliphatic heterocycles. The Morgan fingerprint density at radius 3 is 2.94 bits per heavy atom. The molecule has 0 aromatic heterocycles. The van der Waals surface area contributed by atoms with Gasteiger partial charge in [0.15, 0.2) is 0 Å². The predicted molar refractivity (Wildman–Crippen MR) is 62.3 cm³/mol. The molecule has 0 aliphatic carbocycles. The summed E-state index contributed by atoms with van der Waals surface area (Å²) in [6.07, 6.45) is 0.545. The lowest BCUT2D eigenvalue weighted by Crippen LogP contribution is -2.14. The third-order valence-corrected chi connectivity index (χ3v) is 2.74. The van der Waals surface area contributed by atoms with Crippen molar-refractivity contribution in [2.24, 2.45) is 5.73 Å². The van der Waals surface area contributed by atoms with Crippen LogP contribution in [0.15, 0.2) is 22.7 Å². The number of methoxy groups -OCH3 is 1. The van der Waals surface area contributed by atoms with Crippen LogP contribution in [-0.2, 0) is 9.53 Å². The number of carbonyl (C=O) groups is 1. The van der Waals surface area contributed by atoms with Crippen LogP contribution in [0.4, 0.5) is 4.39 Å². The van der Waals surface area contributed by atoms with Crippen LogP contribution in [0.1, 0.15) is 24.4 Å². The zero-order valence-corrected chi connectivity index (χ0v) is 10.5. The minimum atomic E-state index is -0.503. The minimum absolute atomic E-state index is 0.184. The molecule has 2 N–H and O–H groups in total. The summed E-state index contributed by atoms with van der Waals surface area (Å²) < 4.78 is 18.7. The first-order valence-electron chi connectivity index (χ1n) is 4.82. The van der Waals surface area contributed by atoms with E-state index in [-0.39, 0.29) is 18.2 Å². The van der Waals surface area contributed by atoms with Gasteiger partial charge < -0.3 is 10.5 Å². The number of benzene rings is 1. The number of rotatable bonds is 4. The lowest BCUT2D eigenvalue weighted by atomic mass is 10.0. The zero-order chi connectivity index (χ0) is 12.1. The molecule has 1 atom stereocenters. The van der Waals surface area contributed by atoms with Crippen LogP contribution < -0.4 is 5.73 Å². The molecule has 5 heteroatoms. The predicted octanol–water partition coefficient (Wildman–Crippen LogP) is 2.54. The molecule has 1 aromatic rings. The van der Waals surface area contributed by atoms with E-state index < -0.39 is 6.04 Å². The van der Waals surface area contributed by atoms with Crippen LogP contribution in [-0.4, -0.2) is 13.1 Å². The van der Waals surface area contributed by atoms with Crippen molar-refractivity contribution in [3.05, 3.63) is 34.1 Å². The summed E-state index contributed by atoms with van der Waals surface area (Å²) in [6, 6.07) is 4.07. The van der Waals surface area contributed by atoms with E-state index >= 15 is 0 Å². The van der Waals surface area contributed by atoms with Gasteiger partial charge in [0.1, 0.15) is 5.82 Å². The second kappa shape index (κ2) is 5.96. The van der Waals surface area contributed by atoms with E-state index in [9.17, 15) is 9.18 Å². The monoisotopic (exact) mass is 289 g/mol. The largest absolute Gasteiger partial charge is 0.469 e. The van der Waals surface area contributed by atoms with Gasteiger partial charge >= 0.3 is 5.97 Å². The summed E-state index contributed by atoms with van der Waals surface area (Å²) in [5, 5.41) is 0. The SMILES string of the molecule is COC(=O)CCC(N)c1cc(Br)ccc1F. The first-order valence-corrected chi connectivity index (χ1v) is 5.61. The van der Waals surface area contributed by atoms with E-state index in [0.717, 1.165) is 4.47 Å². The Kier molecular flexibility index (Phi) is 4.89. The van der Waals surface area contributed by atoms with Gasteiger partial charge in [-0.15, -0.1) is 0 Å². The molecule has 0 spiro atoms. The number of esters is 1. The maximum absolute atomic E-state index is 13.4. The highest BCUT2D eigenvalue weighted by Crippen LogP contribution is 2.23. The molecule has 88 valence electrons. The first kappa shape index (κ1) is 13.1. The van der Waals surface area contributed by atoms with Crippen LogP contribution in [0, 0.1) is 5.82 Å². The minimum Gasteiger partial charge on any atom is -0.469 e. The normalized spacial score (nSPS) is 12.2. The second-order valence-electron chi connectivity index (χ2n) is 3.39. The molecule has 0 saturated heterocycles. The molecule has 0 bridgehead atoms.